The molecule has 0 bridgehead atoms. The summed E-state index contributed by atoms with van der Waals surface area (Å²) in [5.41, 5.74) is 2.24. The molecule has 6 nitrogen and oxygen atoms in total. The van der Waals surface area contributed by atoms with E-state index in [0.29, 0.717) is 13.1 Å². The zero-order valence-electron chi connectivity index (χ0n) is 11.5. The van der Waals surface area contributed by atoms with E-state index in [0.717, 1.165) is 22.8 Å². The number of carbonyl (C=O) groups is 1. The highest BCUT2D eigenvalue weighted by Crippen LogP contribution is 2.12. The highest BCUT2D eigenvalue weighted by atomic mass is 32.2. The van der Waals surface area contributed by atoms with Gasteiger partial charge in [0.1, 0.15) is 12.7 Å². The van der Waals surface area contributed by atoms with Crippen molar-refractivity contribution in [1.29, 1.82) is 0 Å². The molecule has 1 fully saturated rings. The number of nitrogens with one attached hydrogen (secondary N) is 2. The Morgan fingerprint density at radius 2 is 2.29 bits per heavy atom. The SMILES string of the molecule is O=C(NCc1ccccc1Cn1cncn1)C1CSCN1. The largest absolute Gasteiger partial charge is 0.351 e. The molecule has 3 rings (SSSR count). The van der Waals surface area contributed by atoms with Gasteiger partial charge in [-0.15, -0.1) is 11.8 Å². The quantitative estimate of drug-likeness (QED) is 0.846. The smallest absolute Gasteiger partial charge is 0.238 e. The highest BCUT2D eigenvalue weighted by molar-refractivity contribution is 7.99. The van der Waals surface area contributed by atoms with Gasteiger partial charge in [-0.25, -0.2) is 9.67 Å². The Hall–Kier alpha value is -1.86. The van der Waals surface area contributed by atoms with Crippen LogP contribution in [0.25, 0.3) is 0 Å². The van der Waals surface area contributed by atoms with Gasteiger partial charge in [-0.1, -0.05) is 24.3 Å². The minimum Gasteiger partial charge on any atom is -0.351 e. The fourth-order valence-electron chi connectivity index (χ4n) is 2.24. The molecular formula is C14H17N5OS. The summed E-state index contributed by atoms with van der Waals surface area (Å²) < 4.78 is 1.77. The molecule has 1 atom stereocenters. The van der Waals surface area contributed by atoms with E-state index in [4.69, 9.17) is 0 Å². The van der Waals surface area contributed by atoms with Crippen LogP contribution < -0.4 is 10.6 Å². The van der Waals surface area contributed by atoms with Crippen molar-refractivity contribution < 1.29 is 4.79 Å². The van der Waals surface area contributed by atoms with Crippen LogP contribution in [0.1, 0.15) is 11.1 Å². The van der Waals surface area contributed by atoms with Crippen LogP contribution in [-0.4, -0.2) is 38.3 Å². The topological polar surface area (TPSA) is 71.8 Å². The summed E-state index contributed by atoms with van der Waals surface area (Å²) in [5.74, 6) is 1.75. The highest BCUT2D eigenvalue weighted by Gasteiger charge is 2.22. The summed E-state index contributed by atoms with van der Waals surface area (Å²) in [6.07, 6.45) is 3.21. The van der Waals surface area contributed by atoms with Crippen LogP contribution in [0.4, 0.5) is 0 Å². The molecule has 1 saturated heterocycles. The third-order valence-electron chi connectivity index (χ3n) is 3.40. The second-order valence-corrected chi connectivity index (χ2v) is 5.88. The second-order valence-electron chi connectivity index (χ2n) is 4.85. The number of rotatable bonds is 5. The fraction of sp³-hybridized carbons (Fsp3) is 0.357. The molecule has 0 aliphatic carbocycles. The van der Waals surface area contributed by atoms with Gasteiger partial charge >= 0.3 is 0 Å². The summed E-state index contributed by atoms with van der Waals surface area (Å²) in [4.78, 5) is 16.0. The molecule has 0 radical (unpaired) electrons. The minimum absolute atomic E-state index is 0.0653. The van der Waals surface area contributed by atoms with Crippen molar-refractivity contribution in [2.75, 3.05) is 11.6 Å². The number of amides is 1. The minimum atomic E-state index is -0.0718. The first-order chi connectivity index (χ1) is 10.3. The molecule has 2 aromatic rings. The lowest BCUT2D eigenvalue weighted by Gasteiger charge is -2.13. The normalized spacial score (nSPS) is 17.8. The van der Waals surface area contributed by atoms with E-state index < -0.39 is 0 Å². The fourth-order valence-corrected chi connectivity index (χ4v) is 3.18. The molecule has 1 aromatic carbocycles. The van der Waals surface area contributed by atoms with Gasteiger partial charge in [0, 0.05) is 18.2 Å². The lowest BCUT2D eigenvalue weighted by atomic mass is 10.1. The molecule has 21 heavy (non-hydrogen) atoms. The van der Waals surface area contributed by atoms with Crippen LogP contribution in [0, 0.1) is 0 Å². The Morgan fingerprint density at radius 1 is 1.43 bits per heavy atom. The van der Waals surface area contributed by atoms with Crippen molar-refractivity contribution >= 4 is 17.7 Å². The molecule has 0 spiro atoms. The summed E-state index contributed by atoms with van der Waals surface area (Å²) >= 11 is 1.75. The average Bonchev–Trinajstić information content (AvgIpc) is 3.19. The summed E-state index contributed by atoms with van der Waals surface area (Å²) in [7, 11) is 0. The van der Waals surface area contributed by atoms with Crippen LogP contribution in [0.2, 0.25) is 0 Å². The standard InChI is InChI=1S/C14H17N5OS/c20-14(13-7-21-10-17-13)16-5-11-3-1-2-4-12(11)6-19-9-15-8-18-19/h1-4,8-9,13,17H,5-7,10H2,(H,16,20). The van der Waals surface area contributed by atoms with Gasteiger partial charge in [0.05, 0.1) is 12.6 Å². The zero-order chi connectivity index (χ0) is 14.5. The van der Waals surface area contributed by atoms with Crippen LogP contribution in [-0.2, 0) is 17.9 Å². The molecular weight excluding hydrogens is 286 g/mol. The Morgan fingerprint density at radius 3 is 3.00 bits per heavy atom. The zero-order valence-corrected chi connectivity index (χ0v) is 12.3. The summed E-state index contributed by atoms with van der Waals surface area (Å²) in [6, 6.07) is 7.98. The molecule has 1 unspecified atom stereocenters. The van der Waals surface area contributed by atoms with Crippen molar-refractivity contribution in [3.63, 3.8) is 0 Å². The van der Waals surface area contributed by atoms with E-state index in [1.54, 1.807) is 22.8 Å². The van der Waals surface area contributed by atoms with Crippen LogP contribution in [0.5, 0.6) is 0 Å². The van der Waals surface area contributed by atoms with E-state index in [2.05, 4.69) is 20.7 Å². The van der Waals surface area contributed by atoms with Gasteiger partial charge < -0.3 is 5.32 Å². The number of carbonyl (C=O) groups excluding carboxylic acids is 1. The molecule has 1 amide bonds. The third-order valence-corrected chi connectivity index (χ3v) is 4.34. The predicted octanol–water partition coefficient (Wildman–Crippen LogP) is 0.605. The van der Waals surface area contributed by atoms with Gasteiger partial charge in [0.2, 0.25) is 5.91 Å². The first-order valence-electron chi connectivity index (χ1n) is 6.81. The van der Waals surface area contributed by atoms with Crippen molar-refractivity contribution in [3.05, 3.63) is 48.0 Å². The lowest BCUT2D eigenvalue weighted by Crippen LogP contribution is -2.41. The molecule has 2 heterocycles. The molecule has 110 valence electrons. The first-order valence-corrected chi connectivity index (χ1v) is 7.96. The van der Waals surface area contributed by atoms with Crippen molar-refractivity contribution in [2.45, 2.75) is 19.1 Å². The number of aromatic nitrogens is 3. The van der Waals surface area contributed by atoms with Gasteiger partial charge in [-0.3, -0.25) is 10.1 Å². The summed E-state index contributed by atoms with van der Waals surface area (Å²) in [6.45, 7) is 1.19. The predicted molar refractivity (Wildman–Crippen MR) is 81.7 cm³/mol. The number of hydrogen-bond acceptors (Lipinski definition) is 5. The van der Waals surface area contributed by atoms with Crippen molar-refractivity contribution in [2.24, 2.45) is 0 Å². The van der Waals surface area contributed by atoms with Crippen LogP contribution in [0.3, 0.4) is 0 Å². The van der Waals surface area contributed by atoms with Gasteiger partial charge in [-0.2, -0.15) is 5.10 Å². The van der Waals surface area contributed by atoms with Gasteiger partial charge in [0.25, 0.3) is 0 Å². The average molecular weight is 303 g/mol. The molecule has 1 aliphatic heterocycles. The molecule has 1 aromatic heterocycles. The van der Waals surface area contributed by atoms with Gasteiger partial charge in [0.15, 0.2) is 0 Å². The maximum atomic E-state index is 12.0. The van der Waals surface area contributed by atoms with E-state index >= 15 is 0 Å². The number of benzene rings is 1. The third kappa shape index (κ3) is 3.62. The maximum Gasteiger partial charge on any atom is 0.238 e. The van der Waals surface area contributed by atoms with Crippen molar-refractivity contribution in [3.8, 4) is 0 Å². The second kappa shape index (κ2) is 6.73. The van der Waals surface area contributed by atoms with E-state index in [1.165, 1.54) is 6.33 Å². The first kappa shape index (κ1) is 14.1. The molecule has 0 saturated carbocycles. The van der Waals surface area contributed by atoms with Crippen LogP contribution >= 0.6 is 11.8 Å². The van der Waals surface area contributed by atoms with Gasteiger partial charge in [-0.05, 0) is 11.1 Å². The number of hydrogen-bond donors (Lipinski definition) is 2. The Kier molecular flexibility index (Phi) is 4.52. The maximum absolute atomic E-state index is 12.0. The molecule has 7 heteroatoms. The number of nitrogens with zero attached hydrogens (tertiary/aromatic N) is 3. The monoisotopic (exact) mass is 303 g/mol. The van der Waals surface area contributed by atoms with E-state index in [9.17, 15) is 4.79 Å². The van der Waals surface area contributed by atoms with Crippen LogP contribution in [0.15, 0.2) is 36.9 Å². The Bertz CT molecular complexity index is 595. The lowest BCUT2D eigenvalue weighted by molar-refractivity contribution is -0.122. The van der Waals surface area contributed by atoms with E-state index in [1.807, 2.05) is 24.3 Å². The summed E-state index contributed by atoms with van der Waals surface area (Å²) in [5, 5.41) is 10.3. The number of thioether (sulfide) groups is 1. The van der Waals surface area contributed by atoms with E-state index in [-0.39, 0.29) is 11.9 Å². The molecule has 1 aliphatic rings. The Labute approximate surface area is 127 Å². The van der Waals surface area contributed by atoms with Crippen molar-refractivity contribution in [1.82, 2.24) is 25.4 Å². The Balaban J connectivity index is 1.63. The molecule has 2 N–H and O–H groups in total.